The number of aromatic nitrogens is 2. The molecular weight excluding hydrogens is 283 g/mol. The Balaban J connectivity index is 2.69. The summed E-state index contributed by atoms with van der Waals surface area (Å²) in [6.45, 7) is 3.85. The van der Waals surface area contributed by atoms with Gasteiger partial charge in [0.15, 0.2) is 0 Å². The maximum absolute atomic E-state index is 14.2. The van der Waals surface area contributed by atoms with Gasteiger partial charge in [0.1, 0.15) is 17.2 Å². The van der Waals surface area contributed by atoms with Crippen molar-refractivity contribution in [1.29, 1.82) is 0 Å². The summed E-state index contributed by atoms with van der Waals surface area (Å²) < 4.78 is 20.9. The number of hydrogen-bond donors (Lipinski definition) is 1. The Morgan fingerprint density at radius 2 is 2.20 bits per heavy atom. The van der Waals surface area contributed by atoms with Gasteiger partial charge in [0.25, 0.3) is 0 Å². The molecule has 1 heterocycles. The number of ether oxygens (including phenoxy) is 1. The molecule has 0 fully saturated rings. The molecule has 20 heavy (non-hydrogen) atoms. The summed E-state index contributed by atoms with van der Waals surface area (Å²) in [4.78, 5) is 0. The zero-order valence-electron chi connectivity index (χ0n) is 11.5. The highest BCUT2D eigenvalue weighted by molar-refractivity contribution is 6.31. The van der Waals surface area contributed by atoms with Crippen LogP contribution in [0.1, 0.15) is 25.1 Å². The first kappa shape index (κ1) is 14.8. The molecule has 1 aromatic carbocycles. The van der Waals surface area contributed by atoms with E-state index in [2.05, 4.69) is 5.10 Å². The maximum atomic E-state index is 14.2. The minimum atomic E-state index is -1.65. The third kappa shape index (κ3) is 2.27. The molecule has 0 saturated carbocycles. The van der Waals surface area contributed by atoms with Crippen molar-refractivity contribution in [2.75, 3.05) is 7.11 Å². The van der Waals surface area contributed by atoms with Crippen LogP contribution in [0.5, 0.6) is 5.75 Å². The molecule has 2 aromatic rings. The van der Waals surface area contributed by atoms with Crippen LogP contribution < -0.4 is 4.74 Å². The largest absolute Gasteiger partial charge is 0.496 e. The van der Waals surface area contributed by atoms with Crippen LogP contribution >= 0.6 is 11.6 Å². The summed E-state index contributed by atoms with van der Waals surface area (Å²) >= 11 is 6.10. The van der Waals surface area contributed by atoms with Crippen molar-refractivity contribution in [1.82, 2.24) is 9.78 Å². The van der Waals surface area contributed by atoms with E-state index in [0.717, 1.165) is 0 Å². The highest BCUT2D eigenvalue weighted by Crippen LogP contribution is 2.39. The average molecular weight is 299 g/mol. The van der Waals surface area contributed by atoms with Crippen LogP contribution in [0.15, 0.2) is 24.4 Å². The molecule has 0 aliphatic heterocycles. The van der Waals surface area contributed by atoms with E-state index in [1.807, 2.05) is 6.92 Å². The number of aliphatic hydroxyl groups is 1. The first-order chi connectivity index (χ1) is 9.43. The van der Waals surface area contributed by atoms with Gasteiger partial charge in [0.05, 0.1) is 29.6 Å². The van der Waals surface area contributed by atoms with E-state index in [1.54, 1.807) is 6.07 Å². The van der Waals surface area contributed by atoms with Gasteiger partial charge in [0.2, 0.25) is 0 Å². The Kier molecular flexibility index (Phi) is 4.01. The summed E-state index contributed by atoms with van der Waals surface area (Å²) in [5, 5.41) is 15.2. The lowest BCUT2D eigenvalue weighted by molar-refractivity contribution is 0.0845. The summed E-state index contributed by atoms with van der Waals surface area (Å²) in [5.74, 6) is -0.302. The van der Waals surface area contributed by atoms with E-state index in [0.29, 0.717) is 12.2 Å². The Morgan fingerprint density at radius 1 is 1.50 bits per heavy atom. The zero-order valence-corrected chi connectivity index (χ0v) is 12.3. The van der Waals surface area contributed by atoms with Gasteiger partial charge in [-0.2, -0.15) is 5.10 Å². The number of rotatable bonds is 4. The number of methoxy groups -OCH3 is 1. The molecule has 2 rings (SSSR count). The molecular formula is C14H16ClFN2O2. The predicted octanol–water partition coefficient (Wildman–Crippen LogP) is 2.96. The van der Waals surface area contributed by atoms with Gasteiger partial charge in [-0.05, 0) is 26.0 Å². The fourth-order valence-corrected chi connectivity index (χ4v) is 2.68. The van der Waals surface area contributed by atoms with Crippen LogP contribution in [0, 0.1) is 5.82 Å². The molecule has 6 heteroatoms. The standard InChI is InChI=1S/C14H16ClFN2O2/c1-4-18-13(9(15)8-17-18)14(2,19)12-10(16)6-5-7-11(12)20-3/h5-8,19H,4H2,1-3H3. The smallest absolute Gasteiger partial charge is 0.136 e. The molecule has 0 saturated heterocycles. The van der Waals surface area contributed by atoms with E-state index in [4.69, 9.17) is 16.3 Å². The molecule has 108 valence electrons. The van der Waals surface area contributed by atoms with E-state index in [1.165, 1.54) is 37.0 Å². The molecule has 0 aliphatic carbocycles. The molecule has 1 N–H and O–H groups in total. The molecule has 0 spiro atoms. The Labute approximate surface area is 121 Å². The third-order valence-corrected chi connectivity index (χ3v) is 3.51. The van der Waals surface area contributed by atoms with Crippen molar-refractivity contribution in [3.05, 3.63) is 46.5 Å². The molecule has 0 amide bonds. The normalized spacial score (nSPS) is 14.1. The number of halogens is 2. The molecule has 0 aliphatic rings. The first-order valence-corrected chi connectivity index (χ1v) is 6.58. The molecule has 1 aromatic heterocycles. The Hall–Kier alpha value is -1.59. The van der Waals surface area contributed by atoms with Crippen LogP contribution in [-0.4, -0.2) is 22.0 Å². The monoisotopic (exact) mass is 298 g/mol. The maximum Gasteiger partial charge on any atom is 0.136 e. The zero-order chi connectivity index (χ0) is 14.9. The quantitative estimate of drug-likeness (QED) is 0.944. The fourth-order valence-electron chi connectivity index (χ4n) is 2.35. The van der Waals surface area contributed by atoms with Gasteiger partial charge < -0.3 is 9.84 Å². The van der Waals surface area contributed by atoms with E-state index >= 15 is 0 Å². The van der Waals surface area contributed by atoms with Crippen LogP contribution in [0.4, 0.5) is 4.39 Å². The second kappa shape index (κ2) is 5.42. The minimum Gasteiger partial charge on any atom is -0.496 e. The van der Waals surface area contributed by atoms with E-state index < -0.39 is 11.4 Å². The lowest BCUT2D eigenvalue weighted by Gasteiger charge is -2.27. The van der Waals surface area contributed by atoms with Gasteiger partial charge in [-0.15, -0.1) is 0 Å². The molecule has 1 atom stereocenters. The predicted molar refractivity (Wildman–Crippen MR) is 74.5 cm³/mol. The second-order valence-electron chi connectivity index (χ2n) is 4.55. The van der Waals surface area contributed by atoms with Crippen LogP contribution in [0.25, 0.3) is 0 Å². The number of aryl methyl sites for hydroxylation is 1. The van der Waals surface area contributed by atoms with E-state index in [9.17, 15) is 9.50 Å². The summed E-state index contributed by atoms with van der Waals surface area (Å²) in [7, 11) is 1.42. The molecule has 0 radical (unpaired) electrons. The van der Waals surface area contributed by atoms with Gasteiger partial charge in [-0.3, -0.25) is 4.68 Å². The van der Waals surface area contributed by atoms with Crippen molar-refractivity contribution < 1.29 is 14.2 Å². The molecule has 4 nitrogen and oxygen atoms in total. The Morgan fingerprint density at radius 3 is 2.80 bits per heavy atom. The van der Waals surface area contributed by atoms with Gasteiger partial charge in [-0.1, -0.05) is 17.7 Å². The second-order valence-corrected chi connectivity index (χ2v) is 4.95. The fraction of sp³-hybridized carbons (Fsp3) is 0.357. The number of nitrogens with zero attached hydrogens (tertiary/aromatic N) is 2. The Bertz CT molecular complexity index is 626. The minimum absolute atomic E-state index is 0.0413. The van der Waals surface area contributed by atoms with Crippen molar-refractivity contribution in [2.45, 2.75) is 26.0 Å². The van der Waals surface area contributed by atoms with E-state index in [-0.39, 0.29) is 16.3 Å². The van der Waals surface area contributed by atoms with Crippen LogP contribution in [-0.2, 0) is 12.1 Å². The van der Waals surface area contributed by atoms with Crippen LogP contribution in [0.3, 0.4) is 0 Å². The molecule has 0 bridgehead atoms. The SMILES string of the molecule is CCn1ncc(Cl)c1C(C)(O)c1c(F)cccc1OC. The number of benzene rings is 1. The lowest BCUT2D eigenvalue weighted by Crippen LogP contribution is -2.29. The van der Waals surface area contributed by atoms with Gasteiger partial charge in [0, 0.05) is 6.54 Å². The van der Waals surface area contributed by atoms with Crippen molar-refractivity contribution >= 4 is 11.6 Å². The van der Waals surface area contributed by atoms with Crippen molar-refractivity contribution in [3.63, 3.8) is 0 Å². The van der Waals surface area contributed by atoms with Crippen molar-refractivity contribution in [2.24, 2.45) is 0 Å². The average Bonchev–Trinajstić information content (AvgIpc) is 2.79. The lowest BCUT2D eigenvalue weighted by atomic mass is 9.91. The first-order valence-electron chi connectivity index (χ1n) is 6.20. The third-order valence-electron chi connectivity index (χ3n) is 3.24. The molecule has 1 unspecified atom stereocenters. The van der Waals surface area contributed by atoms with Gasteiger partial charge in [-0.25, -0.2) is 4.39 Å². The summed E-state index contributed by atoms with van der Waals surface area (Å²) in [5.41, 5.74) is -1.27. The topological polar surface area (TPSA) is 47.3 Å². The highest BCUT2D eigenvalue weighted by Gasteiger charge is 2.37. The van der Waals surface area contributed by atoms with Crippen molar-refractivity contribution in [3.8, 4) is 5.75 Å². The van der Waals surface area contributed by atoms with Crippen LogP contribution in [0.2, 0.25) is 5.02 Å². The summed E-state index contributed by atoms with van der Waals surface area (Å²) in [6.07, 6.45) is 1.43. The number of hydrogen-bond acceptors (Lipinski definition) is 3. The summed E-state index contributed by atoms with van der Waals surface area (Å²) in [6, 6.07) is 4.38. The van der Waals surface area contributed by atoms with Gasteiger partial charge >= 0.3 is 0 Å². The highest BCUT2D eigenvalue weighted by atomic mass is 35.5.